The van der Waals surface area contributed by atoms with E-state index in [1.807, 2.05) is 48.5 Å². The van der Waals surface area contributed by atoms with E-state index < -0.39 is 5.91 Å². The van der Waals surface area contributed by atoms with Gasteiger partial charge in [-0.2, -0.15) is 4.98 Å². The van der Waals surface area contributed by atoms with Gasteiger partial charge in [0.15, 0.2) is 5.65 Å². The molecular weight excluding hydrogens is 356 g/mol. The average Bonchev–Trinajstić information content (AvgIpc) is 2.75. The largest absolute Gasteiger partial charge is 0.481 e. The number of fused-ring (bicyclic) bond motifs is 2. The van der Waals surface area contributed by atoms with Crippen LogP contribution in [0, 0.1) is 0 Å². The maximum absolute atomic E-state index is 11.6. The van der Waals surface area contributed by atoms with E-state index in [9.17, 15) is 4.79 Å². The van der Waals surface area contributed by atoms with E-state index in [1.165, 1.54) is 0 Å². The molecule has 0 aliphatic heterocycles. The van der Waals surface area contributed by atoms with Crippen LogP contribution in [0.1, 0.15) is 5.56 Å². The summed E-state index contributed by atoms with van der Waals surface area (Å²) in [5.74, 6) is 0.0557. The van der Waals surface area contributed by atoms with Crippen molar-refractivity contribution in [1.82, 2.24) is 15.4 Å². The van der Waals surface area contributed by atoms with Gasteiger partial charge in [-0.15, -0.1) is 0 Å². The number of methoxy groups -OCH3 is 1. The number of anilines is 2. The summed E-state index contributed by atoms with van der Waals surface area (Å²) >= 11 is 0. The minimum absolute atomic E-state index is 0.0964. The highest BCUT2D eigenvalue weighted by Gasteiger charge is 2.11. The minimum atomic E-state index is -0.453. The van der Waals surface area contributed by atoms with Gasteiger partial charge < -0.3 is 10.1 Å². The van der Waals surface area contributed by atoms with Gasteiger partial charge in [0.2, 0.25) is 11.8 Å². The van der Waals surface area contributed by atoms with Gasteiger partial charge in [0.05, 0.1) is 19.2 Å². The molecule has 2 aromatic carbocycles. The molecule has 1 amide bonds. The van der Waals surface area contributed by atoms with E-state index in [4.69, 9.17) is 9.94 Å². The quantitative estimate of drug-likeness (QED) is 0.365. The molecule has 0 radical (unpaired) electrons. The second kappa shape index (κ2) is 7.50. The summed E-state index contributed by atoms with van der Waals surface area (Å²) in [6.45, 7) is 0. The van der Waals surface area contributed by atoms with Crippen molar-refractivity contribution in [1.29, 1.82) is 0 Å². The maximum atomic E-state index is 11.6. The Morgan fingerprint density at radius 3 is 2.57 bits per heavy atom. The van der Waals surface area contributed by atoms with Gasteiger partial charge in [-0.1, -0.05) is 30.3 Å². The van der Waals surface area contributed by atoms with Crippen LogP contribution in [0.2, 0.25) is 0 Å². The number of hydroxylamine groups is 1. The van der Waals surface area contributed by atoms with Crippen LogP contribution in [0.4, 0.5) is 11.4 Å². The van der Waals surface area contributed by atoms with Gasteiger partial charge in [0.25, 0.3) is 0 Å². The first-order valence-corrected chi connectivity index (χ1v) is 8.70. The first kappa shape index (κ1) is 17.7. The topological polar surface area (TPSA) is 96.4 Å². The third-order valence-electron chi connectivity index (χ3n) is 4.55. The molecule has 0 saturated heterocycles. The van der Waals surface area contributed by atoms with Crippen LogP contribution in [0.25, 0.3) is 21.8 Å². The lowest BCUT2D eigenvalue weighted by Crippen LogP contribution is -2.20. The van der Waals surface area contributed by atoms with Crippen molar-refractivity contribution in [3.63, 3.8) is 0 Å². The van der Waals surface area contributed by atoms with Crippen molar-refractivity contribution < 1.29 is 14.7 Å². The molecule has 0 saturated carbocycles. The molecule has 0 bridgehead atoms. The molecule has 2 heterocycles. The predicted octanol–water partition coefficient (Wildman–Crippen LogP) is 3.58. The van der Waals surface area contributed by atoms with Crippen molar-refractivity contribution in [2.24, 2.45) is 0 Å². The van der Waals surface area contributed by atoms with Gasteiger partial charge in [0, 0.05) is 28.7 Å². The van der Waals surface area contributed by atoms with Crippen LogP contribution in [-0.4, -0.2) is 28.2 Å². The smallest absolute Gasteiger partial charge is 0.247 e. The molecule has 4 aromatic rings. The fourth-order valence-electron chi connectivity index (χ4n) is 3.22. The number of aromatic nitrogens is 2. The summed E-state index contributed by atoms with van der Waals surface area (Å²) in [6, 6.07) is 17.2. The molecule has 28 heavy (non-hydrogen) atoms. The number of carbonyl (C=O) groups is 1. The lowest BCUT2D eigenvalue weighted by atomic mass is 10.00. The lowest BCUT2D eigenvalue weighted by molar-refractivity contribution is -0.128. The van der Waals surface area contributed by atoms with Gasteiger partial charge in [-0.25, -0.2) is 10.5 Å². The normalized spacial score (nSPS) is 10.8. The Bertz CT molecular complexity index is 1180. The van der Waals surface area contributed by atoms with Crippen LogP contribution in [0.5, 0.6) is 5.88 Å². The highest BCUT2D eigenvalue weighted by atomic mass is 16.5. The van der Waals surface area contributed by atoms with Crippen molar-refractivity contribution in [2.75, 3.05) is 12.4 Å². The molecule has 0 fully saturated rings. The Hall–Kier alpha value is -3.71. The van der Waals surface area contributed by atoms with E-state index in [0.717, 1.165) is 33.1 Å². The Labute approximate surface area is 161 Å². The van der Waals surface area contributed by atoms with Crippen molar-refractivity contribution in [3.8, 4) is 5.88 Å². The molecule has 7 nitrogen and oxygen atoms in total. The number of pyridine rings is 2. The first-order chi connectivity index (χ1) is 13.7. The van der Waals surface area contributed by atoms with Gasteiger partial charge in [-0.05, 0) is 29.1 Å². The van der Waals surface area contributed by atoms with Gasteiger partial charge in [-0.3, -0.25) is 10.0 Å². The summed E-state index contributed by atoms with van der Waals surface area (Å²) in [4.78, 5) is 20.3. The molecule has 0 aliphatic rings. The summed E-state index contributed by atoms with van der Waals surface area (Å²) < 4.78 is 5.17. The predicted molar refractivity (Wildman–Crippen MR) is 107 cm³/mol. The number of rotatable bonds is 5. The fourth-order valence-corrected chi connectivity index (χ4v) is 3.22. The molecule has 0 unspecified atom stereocenters. The number of benzene rings is 2. The molecule has 140 valence electrons. The molecule has 0 spiro atoms. The first-order valence-electron chi connectivity index (χ1n) is 8.70. The van der Waals surface area contributed by atoms with Crippen LogP contribution in [-0.2, 0) is 11.2 Å². The zero-order valence-electron chi connectivity index (χ0n) is 15.1. The number of carbonyl (C=O) groups excluding carboxylic acids is 1. The molecular formula is C21H18N4O3. The van der Waals surface area contributed by atoms with Crippen molar-refractivity contribution >= 4 is 39.1 Å². The van der Waals surface area contributed by atoms with Gasteiger partial charge in [0.1, 0.15) is 0 Å². The van der Waals surface area contributed by atoms with Gasteiger partial charge >= 0.3 is 0 Å². The zero-order chi connectivity index (χ0) is 19.5. The maximum Gasteiger partial charge on any atom is 0.247 e. The Morgan fingerprint density at radius 1 is 1.00 bits per heavy atom. The molecule has 7 heteroatoms. The minimum Gasteiger partial charge on any atom is -0.481 e. The zero-order valence-corrected chi connectivity index (χ0v) is 15.1. The van der Waals surface area contributed by atoms with Crippen LogP contribution < -0.4 is 15.5 Å². The number of nitrogens with zero attached hydrogens (tertiary/aromatic N) is 2. The van der Waals surface area contributed by atoms with Crippen molar-refractivity contribution in [2.45, 2.75) is 6.42 Å². The van der Waals surface area contributed by atoms with Crippen molar-refractivity contribution in [3.05, 3.63) is 66.4 Å². The molecule has 2 aromatic heterocycles. The average molecular weight is 374 g/mol. The Morgan fingerprint density at radius 2 is 1.79 bits per heavy atom. The molecule has 4 rings (SSSR count). The third-order valence-corrected chi connectivity index (χ3v) is 4.55. The fraction of sp³-hybridized carbons (Fsp3) is 0.0952. The van der Waals surface area contributed by atoms with E-state index >= 15 is 0 Å². The Kier molecular flexibility index (Phi) is 4.74. The summed E-state index contributed by atoms with van der Waals surface area (Å²) in [6.07, 6.45) is 1.79. The molecule has 0 atom stereocenters. The second-order valence-corrected chi connectivity index (χ2v) is 6.24. The van der Waals surface area contributed by atoms with Crippen LogP contribution in [0.15, 0.2) is 60.8 Å². The lowest BCUT2D eigenvalue weighted by Gasteiger charge is -2.14. The summed E-state index contributed by atoms with van der Waals surface area (Å²) in [5, 5.41) is 15.1. The van der Waals surface area contributed by atoms with E-state index in [1.54, 1.807) is 24.9 Å². The number of nitrogens with one attached hydrogen (secondary N) is 2. The summed E-state index contributed by atoms with van der Waals surface area (Å²) in [7, 11) is 1.57. The third kappa shape index (κ3) is 3.30. The van der Waals surface area contributed by atoms with E-state index in [0.29, 0.717) is 11.5 Å². The SMILES string of the molecule is COc1ccc2c(Nc3ccc(CC(=O)NO)c4ccccc34)ccnc2n1. The summed E-state index contributed by atoms with van der Waals surface area (Å²) in [5.41, 5.74) is 4.87. The van der Waals surface area contributed by atoms with Crippen LogP contribution in [0.3, 0.4) is 0 Å². The monoisotopic (exact) mass is 374 g/mol. The molecule has 0 aliphatic carbocycles. The highest BCUT2D eigenvalue weighted by Crippen LogP contribution is 2.32. The van der Waals surface area contributed by atoms with E-state index in [2.05, 4.69) is 15.3 Å². The highest BCUT2D eigenvalue weighted by molar-refractivity contribution is 6.01. The number of hydrogen-bond acceptors (Lipinski definition) is 6. The number of hydrogen-bond donors (Lipinski definition) is 3. The number of amides is 1. The Balaban J connectivity index is 1.78. The molecule has 3 N–H and O–H groups in total. The van der Waals surface area contributed by atoms with Crippen LogP contribution >= 0.6 is 0 Å². The van der Waals surface area contributed by atoms with E-state index in [-0.39, 0.29) is 6.42 Å². The second-order valence-electron chi connectivity index (χ2n) is 6.24. The number of ether oxygens (including phenoxy) is 1. The standard InChI is InChI=1S/C21H18N4O3/c1-28-20-9-7-16-18(10-11-22-21(16)24-20)23-17-8-6-13(12-19(26)25-27)14-4-2-3-5-15(14)17/h2-11,27H,12H2,1H3,(H,25,26)(H,22,23,24).